The normalized spacial score (nSPS) is 9.14. The van der Waals surface area contributed by atoms with Crippen molar-refractivity contribution in [3.05, 3.63) is 0 Å². The smallest absolute Gasteiger partial charge is 0.189 e. The number of hydrogen-bond donors (Lipinski definition) is 1. The zero-order valence-electron chi connectivity index (χ0n) is 4.47. The molecule has 42 valence electrons. The third kappa shape index (κ3) is 2.53. The third-order valence-electron chi connectivity index (χ3n) is 0.588. The monoisotopic (exact) mass is 119 g/mol. The molecular weight excluding hydrogens is 110 g/mol. The Bertz CT molecular complexity index is 72.1. The van der Waals surface area contributed by atoms with Crippen LogP contribution in [-0.2, 0) is 4.84 Å². The highest BCUT2D eigenvalue weighted by Crippen LogP contribution is 1.94. The van der Waals surface area contributed by atoms with E-state index in [0.717, 1.165) is 0 Å². The Morgan fingerprint density at radius 1 is 1.71 bits per heavy atom. The third-order valence-corrected chi connectivity index (χ3v) is 1.16. The molecule has 0 aliphatic rings. The minimum absolute atomic E-state index is 0.250. The summed E-state index contributed by atoms with van der Waals surface area (Å²) >= 11 is 4.63. The summed E-state index contributed by atoms with van der Waals surface area (Å²) in [5, 5.41) is 0.458. The average Bonchev–Trinajstić information content (AvgIpc) is 1.65. The van der Waals surface area contributed by atoms with Gasteiger partial charge in [-0.3, -0.25) is 0 Å². The van der Waals surface area contributed by atoms with Crippen molar-refractivity contribution in [3.8, 4) is 0 Å². The van der Waals surface area contributed by atoms with Crippen LogP contribution in [0.15, 0.2) is 0 Å². The molecule has 2 nitrogen and oxygen atoms in total. The van der Waals surface area contributed by atoms with Crippen molar-refractivity contribution in [3.63, 3.8) is 0 Å². The van der Waals surface area contributed by atoms with Crippen LogP contribution < -0.4 is 5.90 Å². The van der Waals surface area contributed by atoms with Crippen LogP contribution in [0.4, 0.5) is 0 Å². The molecule has 0 rings (SSSR count). The highest BCUT2D eigenvalue weighted by atomic mass is 32.1. The zero-order valence-corrected chi connectivity index (χ0v) is 5.29. The maximum absolute atomic E-state index is 4.73. The van der Waals surface area contributed by atoms with Gasteiger partial charge in [0.05, 0.1) is 0 Å². The number of hydrogen-bond acceptors (Lipinski definition) is 3. The van der Waals surface area contributed by atoms with Gasteiger partial charge in [0, 0.05) is 5.92 Å². The van der Waals surface area contributed by atoms with E-state index in [1.165, 1.54) is 0 Å². The molecule has 0 radical (unpaired) electrons. The Balaban J connectivity index is 3.35. The van der Waals surface area contributed by atoms with E-state index in [1.807, 2.05) is 13.8 Å². The summed E-state index contributed by atoms with van der Waals surface area (Å²) in [7, 11) is 0. The first-order chi connectivity index (χ1) is 3.18. The van der Waals surface area contributed by atoms with Gasteiger partial charge in [-0.15, -0.1) is 0 Å². The maximum Gasteiger partial charge on any atom is 0.189 e. The molecule has 3 heteroatoms. The molecule has 0 bridgehead atoms. The molecule has 0 aliphatic heterocycles. The molecule has 0 aromatic heterocycles. The summed E-state index contributed by atoms with van der Waals surface area (Å²) < 4.78 is 0. The zero-order chi connectivity index (χ0) is 5.86. The highest BCUT2D eigenvalue weighted by molar-refractivity contribution is 7.80. The van der Waals surface area contributed by atoms with Crippen molar-refractivity contribution < 1.29 is 4.84 Å². The van der Waals surface area contributed by atoms with Gasteiger partial charge >= 0.3 is 0 Å². The summed E-state index contributed by atoms with van der Waals surface area (Å²) in [4.78, 5) is 4.24. The van der Waals surface area contributed by atoms with Gasteiger partial charge in [0.2, 0.25) is 0 Å². The van der Waals surface area contributed by atoms with Crippen LogP contribution in [0.25, 0.3) is 0 Å². The topological polar surface area (TPSA) is 35.2 Å². The Kier molecular flexibility index (Phi) is 2.87. The van der Waals surface area contributed by atoms with Gasteiger partial charge in [0.25, 0.3) is 0 Å². The largest absolute Gasteiger partial charge is 0.404 e. The summed E-state index contributed by atoms with van der Waals surface area (Å²) in [6.45, 7) is 3.85. The van der Waals surface area contributed by atoms with Gasteiger partial charge in [-0.05, 0) is 12.2 Å². The van der Waals surface area contributed by atoms with Crippen molar-refractivity contribution in [2.24, 2.45) is 11.8 Å². The minimum atomic E-state index is 0.250. The molecule has 0 unspecified atom stereocenters. The standard InChI is InChI=1S/C4H9NOS/c1-3(2)4(7)6-5/h3H,5H2,1-2H3. The molecule has 0 aliphatic carbocycles. The molecule has 0 amide bonds. The first-order valence-electron chi connectivity index (χ1n) is 2.09. The number of rotatable bonds is 1. The molecule has 7 heavy (non-hydrogen) atoms. The molecule has 0 atom stereocenters. The first-order valence-corrected chi connectivity index (χ1v) is 2.50. The summed E-state index contributed by atoms with van der Waals surface area (Å²) in [5.41, 5.74) is 0. The van der Waals surface area contributed by atoms with Crippen LogP contribution >= 0.6 is 12.2 Å². The number of thiocarbonyl (C=S) groups is 1. The van der Waals surface area contributed by atoms with Gasteiger partial charge in [0.15, 0.2) is 5.05 Å². The maximum atomic E-state index is 4.73. The van der Waals surface area contributed by atoms with E-state index in [0.29, 0.717) is 5.05 Å². The van der Waals surface area contributed by atoms with Gasteiger partial charge in [-0.2, -0.15) is 5.90 Å². The van der Waals surface area contributed by atoms with E-state index in [9.17, 15) is 0 Å². The van der Waals surface area contributed by atoms with Crippen molar-refractivity contribution in [1.82, 2.24) is 0 Å². The second-order valence-corrected chi connectivity index (χ2v) is 1.99. The van der Waals surface area contributed by atoms with Crippen LogP contribution in [0, 0.1) is 5.92 Å². The van der Waals surface area contributed by atoms with E-state index in [-0.39, 0.29) is 5.92 Å². The van der Waals surface area contributed by atoms with E-state index in [2.05, 4.69) is 17.1 Å². The summed E-state index contributed by atoms with van der Waals surface area (Å²) in [6, 6.07) is 0. The Hall–Kier alpha value is -0.150. The average molecular weight is 119 g/mol. The van der Waals surface area contributed by atoms with Gasteiger partial charge in [-0.1, -0.05) is 13.8 Å². The lowest BCUT2D eigenvalue weighted by Gasteiger charge is -2.00. The molecule has 0 heterocycles. The second kappa shape index (κ2) is 2.93. The molecule has 0 saturated heterocycles. The summed E-state index contributed by atoms with van der Waals surface area (Å²) in [5.74, 6) is 4.98. The molecular formula is C4H9NOS. The van der Waals surface area contributed by atoms with Crippen molar-refractivity contribution in [2.75, 3.05) is 0 Å². The predicted molar refractivity (Wildman–Crippen MR) is 32.7 cm³/mol. The Morgan fingerprint density at radius 2 is 2.14 bits per heavy atom. The van der Waals surface area contributed by atoms with Crippen LogP contribution in [0.1, 0.15) is 13.8 Å². The first kappa shape index (κ1) is 6.85. The van der Waals surface area contributed by atoms with Crippen molar-refractivity contribution in [1.29, 1.82) is 0 Å². The predicted octanol–water partition coefficient (Wildman–Crippen LogP) is 0.860. The highest BCUT2D eigenvalue weighted by Gasteiger charge is 1.98. The van der Waals surface area contributed by atoms with E-state index in [4.69, 9.17) is 5.90 Å². The Labute approximate surface area is 48.6 Å². The lowest BCUT2D eigenvalue weighted by atomic mass is 10.2. The quantitative estimate of drug-likeness (QED) is 0.410. The van der Waals surface area contributed by atoms with Crippen LogP contribution in [-0.4, -0.2) is 5.05 Å². The van der Waals surface area contributed by atoms with Crippen molar-refractivity contribution in [2.45, 2.75) is 13.8 Å². The minimum Gasteiger partial charge on any atom is -0.404 e. The van der Waals surface area contributed by atoms with Crippen LogP contribution in [0.5, 0.6) is 0 Å². The molecule has 0 saturated carbocycles. The van der Waals surface area contributed by atoms with E-state index in [1.54, 1.807) is 0 Å². The van der Waals surface area contributed by atoms with Crippen LogP contribution in [0.2, 0.25) is 0 Å². The van der Waals surface area contributed by atoms with Crippen molar-refractivity contribution >= 4 is 17.3 Å². The molecule has 0 spiro atoms. The van der Waals surface area contributed by atoms with Gasteiger partial charge in [0.1, 0.15) is 0 Å². The molecule has 0 fully saturated rings. The van der Waals surface area contributed by atoms with Gasteiger partial charge < -0.3 is 4.84 Å². The fourth-order valence-electron chi connectivity index (χ4n) is 0.136. The lowest BCUT2D eigenvalue weighted by Crippen LogP contribution is -2.13. The van der Waals surface area contributed by atoms with Gasteiger partial charge in [-0.25, -0.2) is 0 Å². The van der Waals surface area contributed by atoms with E-state index < -0.39 is 0 Å². The second-order valence-electron chi connectivity index (χ2n) is 1.59. The Morgan fingerprint density at radius 3 is 2.14 bits per heavy atom. The molecule has 0 aromatic rings. The SMILES string of the molecule is CC(C)C(=S)ON. The lowest BCUT2D eigenvalue weighted by molar-refractivity contribution is 0.310. The van der Waals surface area contributed by atoms with E-state index >= 15 is 0 Å². The molecule has 0 aromatic carbocycles. The number of nitrogens with two attached hydrogens (primary N) is 1. The summed E-state index contributed by atoms with van der Waals surface area (Å²) in [6.07, 6.45) is 0. The molecule has 2 N–H and O–H groups in total. The fourth-order valence-corrected chi connectivity index (χ4v) is 0.136. The van der Waals surface area contributed by atoms with Crippen LogP contribution in [0.3, 0.4) is 0 Å². The fraction of sp³-hybridized carbons (Fsp3) is 0.750.